The number of phenols is 2. The van der Waals surface area contributed by atoms with Crippen molar-refractivity contribution in [1.82, 2.24) is 0 Å². The smallest absolute Gasteiger partial charge is 0.119 e. The van der Waals surface area contributed by atoms with Crippen LogP contribution in [0.3, 0.4) is 0 Å². The molecule has 0 spiro atoms. The lowest BCUT2D eigenvalue weighted by Gasteiger charge is -2.19. The van der Waals surface area contributed by atoms with Crippen LogP contribution < -0.4 is 0 Å². The van der Waals surface area contributed by atoms with E-state index < -0.39 is 0 Å². The average molecular weight is 242 g/mol. The van der Waals surface area contributed by atoms with Crippen LogP contribution in [0.15, 0.2) is 42.5 Å². The van der Waals surface area contributed by atoms with Gasteiger partial charge >= 0.3 is 0 Å². The first-order chi connectivity index (χ1) is 8.36. The van der Waals surface area contributed by atoms with Gasteiger partial charge < -0.3 is 10.2 Å². The van der Waals surface area contributed by atoms with Gasteiger partial charge in [0, 0.05) is 6.07 Å². The van der Waals surface area contributed by atoms with Gasteiger partial charge in [0.25, 0.3) is 0 Å². The SMILES string of the molecule is CC(C)(C)c1cccc(-c2cc(O)cc(O)c2)c1. The van der Waals surface area contributed by atoms with Crippen LogP contribution in [0.1, 0.15) is 26.3 Å². The molecule has 2 aromatic carbocycles. The van der Waals surface area contributed by atoms with Gasteiger partial charge in [-0.2, -0.15) is 0 Å². The van der Waals surface area contributed by atoms with E-state index >= 15 is 0 Å². The van der Waals surface area contributed by atoms with E-state index in [0.29, 0.717) is 0 Å². The van der Waals surface area contributed by atoms with Crippen LogP contribution >= 0.6 is 0 Å². The minimum atomic E-state index is 0.0751. The van der Waals surface area contributed by atoms with Crippen molar-refractivity contribution in [2.45, 2.75) is 26.2 Å². The van der Waals surface area contributed by atoms with Gasteiger partial charge in [-0.3, -0.25) is 0 Å². The summed E-state index contributed by atoms with van der Waals surface area (Å²) in [5, 5.41) is 19.0. The van der Waals surface area contributed by atoms with Gasteiger partial charge in [-0.25, -0.2) is 0 Å². The summed E-state index contributed by atoms with van der Waals surface area (Å²) in [7, 11) is 0. The lowest BCUT2D eigenvalue weighted by Crippen LogP contribution is -2.10. The Morgan fingerprint density at radius 3 is 1.94 bits per heavy atom. The van der Waals surface area contributed by atoms with E-state index in [1.54, 1.807) is 12.1 Å². The van der Waals surface area contributed by atoms with E-state index in [2.05, 4.69) is 32.9 Å². The first-order valence-corrected chi connectivity index (χ1v) is 6.00. The van der Waals surface area contributed by atoms with E-state index in [-0.39, 0.29) is 16.9 Å². The van der Waals surface area contributed by atoms with Gasteiger partial charge in [0.1, 0.15) is 11.5 Å². The third-order valence-electron chi connectivity index (χ3n) is 2.96. The third-order valence-corrected chi connectivity index (χ3v) is 2.96. The van der Waals surface area contributed by atoms with Crippen molar-refractivity contribution in [1.29, 1.82) is 0 Å². The van der Waals surface area contributed by atoms with Crippen LogP contribution in [0, 0.1) is 0 Å². The summed E-state index contributed by atoms with van der Waals surface area (Å²) in [4.78, 5) is 0. The second-order valence-electron chi connectivity index (χ2n) is 5.57. The zero-order valence-electron chi connectivity index (χ0n) is 10.9. The Hall–Kier alpha value is -1.96. The Morgan fingerprint density at radius 2 is 1.39 bits per heavy atom. The summed E-state index contributed by atoms with van der Waals surface area (Å²) in [6.07, 6.45) is 0. The van der Waals surface area contributed by atoms with Crippen LogP contribution in [0.2, 0.25) is 0 Å². The van der Waals surface area contributed by atoms with Crippen molar-refractivity contribution in [2.24, 2.45) is 0 Å². The molecule has 2 aromatic rings. The molecule has 0 fully saturated rings. The lowest BCUT2D eigenvalue weighted by atomic mass is 9.85. The Bertz CT molecular complexity index is 545. The van der Waals surface area contributed by atoms with E-state index in [0.717, 1.165) is 11.1 Å². The van der Waals surface area contributed by atoms with Crippen molar-refractivity contribution >= 4 is 0 Å². The highest BCUT2D eigenvalue weighted by molar-refractivity contribution is 5.67. The molecular formula is C16H18O2. The minimum absolute atomic E-state index is 0.0751. The molecule has 0 saturated carbocycles. The molecular weight excluding hydrogens is 224 g/mol. The molecule has 2 nitrogen and oxygen atoms in total. The molecule has 0 aromatic heterocycles. The number of rotatable bonds is 1. The quantitative estimate of drug-likeness (QED) is 0.791. The monoisotopic (exact) mass is 242 g/mol. The van der Waals surface area contributed by atoms with Crippen LogP contribution in [-0.2, 0) is 5.41 Å². The molecule has 2 N–H and O–H groups in total. The van der Waals surface area contributed by atoms with Crippen LogP contribution in [-0.4, -0.2) is 10.2 Å². The second-order valence-corrected chi connectivity index (χ2v) is 5.57. The summed E-state index contributed by atoms with van der Waals surface area (Å²) in [5.74, 6) is 0.150. The molecule has 2 heteroatoms. The number of benzene rings is 2. The molecule has 0 radical (unpaired) electrons. The van der Waals surface area contributed by atoms with Crippen molar-refractivity contribution < 1.29 is 10.2 Å². The van der Waals surface area contributed by atoms with Crippen molar-refractivity contribution in [3.63, 3.8) is 0 Å². The number of hydrogen-bond donors (Lipinski definition) is 2. The Balaban J connectivity index is 2.51. The van der Waals surface area contributed by atoms with Crippen molar-refractivity contribution in [3.05, 3.63) is 48.0 Å². The van der Waals surface area contributed by atoms with Gasteiger partial charge in [-0.1, -0.05) is 45.0 Å². The lowest BCUT2D eigenvalue weighted by molar-refractivity contribution is 0.451. The topological polar surface area (TPSA) is 40.5 Å². The molecule has 0 aliphatic heterocycles. The second kappa shape index (κ2) is 4.37. The molecule has 0 unspecified atom stereocenters. The first kappa shape index (κ1) is 12.5. The summed E-state index contributed by atoms with van der Waals surface area (Å²) in [5.41, 5.74) is 3.12. The van der Waals surface area contributed by atoms with Gasteiger partial charge in [0.05, 0.1) is 0 Å². The predicted molar refractivity (Wildman–Crippen MR) is 73.9 cm³/mol. The number of phenolic OH excluding ortho intramolecular Hbond substituents is 2. The van der Waals surface area contributed by atoms with Crippen LogP contribution in [0.5, 0.6) is 11.5 Å². The highest BCUT2D eigenvalue weighted by Crippen LogP contribution is 2.31. The molecule has 0 aliphatic carbocycles. The Labute approximate surface area is 108 Å². The maximum absolute atomic E-state index is 9.52. The molecule has 0 heterocycles. The summed E-state index contributed by atoms with van der Waals surface area (Å²) in [6, 6.07) is 12.8. The van der Waals surface area contributed by atoms with Gasteiger partial charge in [-0.15, -0.1) is 0 Å². The summed E-state index contributed by atoms with van der Waals surface area (Å²) < 4.78 is 0. The maximum Gasteiger partial charge on any atom is 0.119 e. The number of aromatic hydroxyl groups is 2. The zero-order chi connectivity index (χ0) is 13.3. The molecule has 0 amide bonds. The standard InChI is InChI=1S/C16H18O2/c1-16(2,3)13-6-4-5-11(7-13)12-8-14(17)10-15(18)9-12/h4-10,17-18H,1-3H3. The summed E-state index contributed by atoms with van der Waals surface area (Å²) >= 11 is 0. The van der Waals surface area contributed by atoms with E-state index in [4.69, 9.17) is 0 Å². The van der Waals surface area contributed by atoms with Crippen molar-refractivity contribution in [2.75, 3.05) is 0 Å². The van der Waals surface area contributed by atoms with Crippen LogP contribution in [0.25, 0.3) is 11.1 Å². The van der Waals surface area contributed by atoms with Crippen LogP contribution in [0.4, 0.5) is 0 Å². The van der Waals surface area contributed by atoms with E-state index in [1.165, 1.54) is 11.6 Å². The van der Waals surface area contributed by atoms with Gasteiger partial charge in [0.15, 0.2) is 0 Å². The normalized spacial score (nSPS) is 11.5. The van der Waals surface area contributed by atoms with Crippen molar-refractivity contribution in [3.8, 4) is 22.6 Å². The molecule has 94 valence electrons. The summed E-state index contributed by atoms with van der Waals surface area (Å²) in [6.45, 7) is 6.48. The van der Waals surface area contributed by atoms with Gasteiger partial charge in [-0.05, 0) is 34.2 Å². The highest BCUT2D eigenvalue weighted by Gasteiger charge is 2.14. The Morgan fingerprint density at radius 1 is 0.778 bits per heavy atom. The van der Waals surface area contributed by atoms with E-state index in [9.17, 15) is 10.2 Å². The maximum atomic E-state index is 9.52. The zero-order valence-corrected chi connectivity index (χ0v) is 10.9. The fraction of sp³-hybridized carbons (Fsp3) is 0.250. The molecule has 0 aliphatic rings. The Kier molecular flexibility index (Phi) is 3.04. The van der Waals surface area contributed by atoms with Gasteiger partial charge in [0.2, 0.25) is 0 Å². The minimum Gasteiger partial charge on any atom is -0.508 e. The fourth-order valence-electron chi connectivity index (χ4n) is 1.93. The number of hydrogen-bond acceptors (Lipinski definition) is 2. The molecule has 0 atom stereocenters. The van der Waals surface area contributed by atoms with E-state index in [1.807, 2.05) is 12.1 Å². The third kappa shape index (κ3) is 2.65. The molecule has 0 saturated heterocycles. The molecule has 18 heavy (non-hydrogen) atoms. The fourth-order valence-corrected chi connectivity index (χ4v) is 1.93. The largest absolute Gasteiger partial charge is 0.508 e. The molecule has 0 bridgehead atoms. The molecule has 2 rings (SSSR count). The first-order valence-electron chi connectivity index (χ1n) is 6.00. The average Bonchev–Trinajstić information content (AvgIpc) is 2.27. The highest BCUT2D eigenvalue weighted by atomic mass is 16.3. The predicted octanol–water partition coefficient (Wildman–Crippen LogP) is 4.06.